The molecular weight excluding hydrogens is 168 g/mol. The Morgan fingerprint density at radius 2 is 2.23 bits per heavy atom. The average molecular weight is 184 g/mol. The predicted molar refractivity (Wildman–Crippen MR) is 49.1 cm³/mol. The number of carbonyl (C=O) groups is 1. The van der Waals surface area contributed by atoms with Crippen molar-refractivity contribution < 1.29 is 15.0 Å². The molecule has 0 bridgehead atoms. The summed E-state index contributed by atoms with van der Waals surface area (Å²) in [6, 6.07) is 0. The predicted octanol–water partition coefficient (Wildman–Crippen LogP) is 1.08. The standard InChI is InChI=1S/C10H14O2.H2O/c1-7-2-3-10-8(6-7)9(11)4-5-12-10;/h4-5,7-8,10H,2-3,6H2,1H3;1H2. The Labute approximate surface area is 78.1 Å². The van der Waals surface area contributed by atoms with Gasteiger partial charge in [-0.25, -0.2) is 0 Å². The first-order valence-electron chi connectivity index (χ1n) is 4.63. The highest BCUT2D eigenvalue weighted by molar-refractivity contribution is 5.92. The first-order valence-corrected chi connectivity index (χ1v) is 4.63. The first-order chi connectivity index (χ1) is 5.77. The van der Waals surface area contributed by atoms with Gasteiger partial charge in [0.2, 0.25) is 0 Å². The normalized spacial score (nSPS) is 37.3. The smallest absolute Gasteiger partial charge is 0.165 e. The lowest BCUT2D eigenvalue weighted by Gasteiger charge is -2.34. The number of fused-ring (bicyclic) bond motifs is 1. The number of hydrogen-bond acceptors (Lipinski definition) is 2. The molecule has 0 amide bonds. The van der Waals surface area contributed by atoms with E-state index in [-0.39, 0.29) is 23.3 Å². The van der Waals surface area contributed by atoms with Gasteiger partial charge >= 0.3 is 0 Å². The van der Waals surface area contributed by atoms with Crippen LogP contribution in [0.25, 0.3) is 0 Å². The quantitative estimate of drug-likeness (QED) is 0.565. The van der Waals surface area contributed by atoms with Crippen molar-refractivity contribution in [1.29, 1.82) is 0 Å². The SMILES string of the molecule is CC1CCC2OC=CC(=O)C2C1.O. The number of carbonyl (C=O) groups excluding carboxylic acids is 1. The van der Waals surface area contributed by atoms with Crippen LogP contribution in [0.15, 0.2) is 12.3 Å². The molecule has 0 saturated heterocycles. The molecule has 0 aromatic rings. The van der Waals surface area contributed by atoms with Crippen molar-refractivity contribution in [2.45, 2.75) is 32.3 Å². The highest BCUT2D eigenvalue weighted by atomic mass is 16.5. The molecule has 2 rings (SSSR count). The molecule has 0 aromatic heterocycles. The van der Waals surface area contributed by atoms with Gasteiger partial charge in [-0.15, -0.1) is 0 Å². The zero-order valence-corrected chi connectivity index (χ0v) is 7.82. The van der Waals surface area contributed by atoms with E-state index in [0.29, 0.717) is 5.92 Å². The molecule has 0 aromatic carbocycles. The van der Waals surface area contributed by atoms with Crippen molar-refractivity contribution in [1.82, 2.24) is 0 Å². The molecule has 2 N–H and O–H groups in total. The van der Waals surface area contributed by atoms with Crippen LogP contribution in [0.1, 0.15) is 26.2 Å². The summed E-state index contributed by atoms with van der Waals surface area (Å²) in [7, 11) is 0. The van der Waals surface area contributed by atoms with Crippen LogP contribution in [0.3, 0.4) is 0 Å². The lowest BCUT2D eigenvalue weighted by molar-refractivity contribution is -0.126. The van der Waals surface area contributed by atoms with Gasteiger partial charge in [0.05, 0.1) is 12.2 Å². The Kier molecular flexibility index (Phi) is 3.09. The topological polar surface area (TPSA) is 57.8 Å². The second kappa shape index (κ2) is 3.92. The van der Waals surface area contributed by atoms with Crippen molar-refractivity contribution in [3.05, 3.63) is 12.3 Å². The van der Waals surface area contributed by atoms with E-state index in [2.05, 4.69) is 6.92 Å². The van der Waals surface area contributed by atoms with E-state index >= 15 is 0 Å². The molecule has 0 spiro atoms. The fourth-order valence-corrected chi connectivity index (χ4v) is 2.15. The summed E-state index contributed by atoms with van der Waals surface area (Å²) in [6.45, 7) is 2.21. The molecule has 3 atom stereocenters. The van der Waals surface area contributed by atoms with Gasteiger partial charge in [-0.05, 0) is 25.2 Å². The summed E-state index contributed by atoms with van der Waals surface area (Å²) in [4.78, 5) is 11.4. The van der Waals surface area contributed by atoms with Gasteiger partial charge in [0.15, 0.2) is 5.78 Å². The molecule has 1 fully saturated rings. The fraction of sp³-hybridized carbons (Fsp3) is 0.700. The van der Waals surface area contributed by atoms with Gasteiger partial charge in [0.25, 0.3) is 0 Å². The van der Waals surface area contributed by atoms with Gasteiger partial charge in [-0.1, -0.05) is 6.92 Å². The first kappa shape index (κ1) is 10.3. The maximum absolute atomic E-state index is 11.4. The molecular formula is C10H16O3. The summed E-state index contributed by atoms with van der Waals surface area (Å²) in [6.07, 6.45) is 6.55. The van der Waals surface area contributed by atoms with Crippen LogP contribution in [0, 0.1) is 11.8 Å². The number of ether oxygens (including phenoxy) is 1. The lowest BCUT2D eigenvalue weighted by Crippen LogP contribution is -2.36. The van der Waals surface area contributed by atoms with E-state index in [4.69, 9.17) is 4.74 Å². The molecule has 1 saturated carbocycles. The largest absolute Gasteiger partial charge is 0.497 e. The zero-order chi connectivity index (χ0) is 8.55. The highest BCUT2D eigenvalue weighted by Gasteiger charge is 2.35. The van der Waals surface area contributed by atoms with Crippen LogP contribution in [0.5, 0.6) is 0 Å². The van der Waals surface area contributed by atoms with Crippen molar-refractivity contribution in [2.75, 3.05) is 0 Å². The van der Waals surface area contributed by atoms with E-state index < -0.39 is 0 Å². The minimum atomic E-state index is 0. The summed E-state index contributed by atoms with van der Waals surface area (Å²) >= 11 is 0. The maximum Gasteiger partial charge on any atom is 0.165 e. The summed E-state index contributed by atoms with van der Waals surface area (Å²) in [5.74, 6) is 1.10. The highest BCUT2D eigenvalue weighted by Crippen LogP contribution is 2.33. The van der Waals surface area contributed by atoms with Crippen molar-refractivity contribution >= 4 is 5.78 Å². The molecule has 13 heavy (non-hydrogen) atoms. The monoisotopic (exact) mass is 184 g/mol. The van der Waals surface area contributed by atoms with Gasteiger partial charge in [0.1, 0.15) is 6.10 Å². The molecule has 1 aliphatic heterocycles. The van der Waals surface area contributed by atoms with Crippen LogP contribution < -0.4 is 0 Å². The Morgan fingerprint density at radius 1 is 1.46 bits per heavy atom. The van der Waals surface area contributed by atoms with Crippen LogP contribution in [0.2, 0.25) is 0 Å². The van der Waals surface area contributed by atoms with E-state index in [1.165, 1.54) is 6.42 Å². The van der Waals surface area contributed by atoms with E-state index in [1.54, 1.807) is 12.3 Å². The second-order valence-corrected chi connectivity index (χ2v) is 3.90. The van der Waals surface area contributed by atoms with Gasteiger partial charge in [-0.2, -0.15) is 0 Å². The average Bonchev–Trinajstić information content (AvgIpc) is 2.07. The lowest BCUT2D eigenvalue weighted by atomic mass is 9.77. The van der Waals surface area contributed by atoms with Crippen LogP contribution in [-0.4, -0.2) is 17.4 Å². The third kappa shape index (κ3) is 1.91. The summed E-state index contributed by atoms with van der Waals surface area (Å²) in [5.41, 5.74) is 0. The molecule has 3 heteroatoms. The number of allylic oxidation sites excluding steroid dienone is 1. The van der Waals surface area contributed by atoms with Crippen molar-refractivity contribution in [3.8, 4) is 0 Å². The number of ketones is 1. The van der Waals surface area contributed by atoms with Gasteiger partial charge in [0, 0.05) is 6.08 Å². The molecule has 1 heterocycles. The van der Waals surface area contributed by atoms with E-state index in [9.17, 15) is 4.79 Å². The molecule has 3 nitrogen and oxygen atoms in total. The second-order valence-electron chi connectivity index (χ2n) is 3.90. The number of hydrogen-bond donors (Lipinski definition) is 0. The third-order valence-corrected chi connectivity index (χ3v) is 2.90. The molecule has 2 aliphatic rings. The minimum Gasteiger partial charge on any atom is -0.497 e. The molecule has 74 valence electrons. The van der Waals surface area contributed by atoms with E-state index in [0.717, 1.165) is 12.8 Å². The van der Waals surface area contributed by atoms with Crippen LogP contribution >= 0.6 is 0 Å². The Morgan fingerprint density at radius 3 is 3.00 bits per heavy atom. The van der Waals surface area contributed by atoms with Gasteiger partial charge < -0.3 is 10.2 Å². The van der Waals surface area contributed by atoms with Crippen LogP contribution in [-0.2, 0) is 9.53 Å². The maximum atomic E-state index is 11.4. The Balaban J connectivity index is 0.000000845. The van der Waals surface area contributed by atoms with Crippen molar-refractivity contribution in [3.63, 3.8) is 0 Å². The Bertz CT molecular complexity index is 222. The minimum absolute atomic E-state index is 0. The Hall–Kier alpha value is -0.830. The summed E-state index contributed by atoms with van der Waals surface area (Å²) in [5, 5.41) is 0. The fourth-order valence-electron chi connectivity index (χ4n) is 2.15. The van der Waals surface area contributed by atoms with Crippen LogP contribution in [0.4, 0.5) is 0 Å². The molecule has 1 aliphatic carbocycles. The summed E-state index contributed by atoms with van der Waals surface area (Å²) < 4.78 is 5.40. The van der Waals surface area contributed by atoms with Crippen molar-refractivity contribution in [2.24, 2.45) is 11.8 Å². The molecule has 3 unspecified atom stereocenters. The van der Waals surface area contributed by atoms with E-state index in [1.807, 2.05) is 0 Å². The third-order valence-electron chi connectivity index (χ3n) is 2.90. The van der Waals surface area contributed by atoms with Gasteiger partial charge in [-0.3, -0.25) is 4.79 Å². The molecule has 0 radical (unpaired) electrons. The number of rotatable bonds is 0. The zero-order valence-electron chi connectivity index (χ0n) is 7.82.